The molecule has 3 aromatic carbocycles. The third-order valence-electron chi connectivity index (χ3n) is 4.27. The summed E-state index contributed by atoms with van der Waals surface area (Å²) in [5, 5.41) is 0. The van der Waals surface area contributed by atoms with Crippen molar-refractivity contribution in [2.75, 3.05) is 13.2 Å². The lowest BCUT2D eigenvalue weighted by atomic mass is 10.0. The van der Waals surface area contributed by atoms with E-state index in [1.54, 1.807) is 18.2 Å². The van der Waals surface area contributed by atoms with Gasteiger partial charge in [-0.3, -0.25) is 20.4 Å². The van der Waals surface area contributed by atoms with Gasteiger partial charge in [0, 0.05) is 0 Å². The highest BCUT2D eigenvalue weighted by Crippen LogP contribution is 2.26. The predicted molar refractivity (Wildman–Crippen MR) is 115 cm³/mol. The number of carbonyl (C=O) groups excluding carboxylic acids is 2. The molecule has 3 aromatic rings. The Labute approximate surface area is 175 Å². The highest BCUT2D eigenvalue weighted by atomic mass is 16.5. The lowest BCUT2D eigenvalue weighted by Gasteiger charge is -2.12. The number of rotatable bonds is 8. The van der Waals surface area contributed by atoms with Crippen molar-refractivity contribution in [2.24, 2.45) is 0 Å². The number of carbonyl (C=O) groups is 2. The van der Waals surface area contributed by atoms with Gasteiger partial charge in [-0.2, -0.15) is 0 Å². The second-order valence-electron chi connectivity index (χ2n) is 6.50. The Kier molecular flexibility index (Phi) is 7.44. The first-order chi connectivity index (χ1) is 14.7. The van der Waals surface area contributed by atoms with E-state index in [-0.39, 0.29) is 18.9 Å². The second kappa shape index (κ2) is 10.7. The van der Waals surface area contributed by atoms with Gasteiger partial charge >= 0.3 is 0 Å². The minimum atomic E-state index is -0.464. The highest BCUT2D eigenvalue weighted by molar-refractivity contribution is 5.84. The molecular formula is C24H24N2O4. The normalized spacial score (nSPS) is 10.2. The molecule has 0 bridgehead atoms. The highest BCUT2D eigenvalue weighted by Gasteiger charge is 2.09. The number of nitrogens with one attached hydrogen (secondary N) is 2. The fraction of sp³-hybridized carbons (Fsp3) is 0.167. The quantitative estimate of drug-likeness (QED) is 0.563. The zero-order valence-corrected chi connectivity index (χ0v) is 16.8. The van der Waals surface area contributed by atoms with Gasteiger partial charge in [0.15, 0.2) is 18.1 Å². The molecule has 0 aromatic heterocycles. The summed E-state index contributed by atoms with van der Waals surface area (Å²) in [6, 6.07) is 24.9. The topological polar surface area (TPSA) is 76.7 Å². The molecule has 0 radical (unpaired) electrons. The standard InChI is InChI=1S/C24H24N2O4/c1-2-29-21-10-6-7-11-22(21)30-17-24(28)26-25-23(27)16-18-12-14-20(15-13-18)19-8-4-3-5-9-19/h3-15H,2,16-17H2,1H3,(H,25,27)(H,26,28). The Morgan fingerprint density at radius 1 is 0.700 bits per heavy atom. The Hall–Kier alpha value is -3.80. The van der Waals surface area contributed by atoms with Crippen molar-refractivity contribution < 1.29 is 19.1 Å². The lowest BCUT2D eigenvalue weighted by Crippen LogP contribution is -2.44. The number of benzene rings is 3. The molecule has 0 saturated heterocycles. The van der Waals surface area contributed by atoms with E-state index in [0.717, 1.165) is 16.7 Å². The first-order valence-corrected chi connectivity index (χ1v) is 9.72. The van der Waals surface area contributed by atoms with E-state index in [4.69, 9.17) is 9.47 Å². The number of hydrogen-bond acceptors (Lipinski definition) is 4. The molecule has 2 amide bonds. The van der Waals surface area contributed by atoms with Crippen molar-refractivity contribution in [3.63, 3.8) is 0 Å². The van der Waals surface area contributed by atoms with Crippen molar-refractivity contribution in [1.82, 2.24) is 10.9 Å². The molecule has 0 saturated carbocycles. The van der Waals surface area contributed by atoms with E-state index >= 15 is 0 Å². The van der Waals surface area contributed by atoms with Crippen LogP contribution >= 0.6 is 0 Å². The van der Waals surface area contributed by atoms with Crippen molar-refractivity contribution >= 4 is 11.8 Å². The molecule has 0 heterocycles. The van der Waals surface area contributed by atoms with Crippen molar-refractivity contribution in [3.8, 4) is 22.6 Å². The number of amides is 2. The van der Waals surface area contributed by atoms with Crippen LogP contribution in [0.5, 0.6) is 11.5 Å². The molecule has 0 aliphatic heterocycles. The summed E-state index contributed by atoms with van der Waals surface area (Å²) in [5.41, 5.74) is 7.81. The van der Waals surface area contributed by atoms with Crippen molar-refractivity contribution in [3.05, 3.63) is 84.4 Å². The summed E-state index contributed by atoms with van der Waals surface area (Å²) in [6.07, 6.45) is 0.156. The Morgan fingerprint density at radius 3 is 1.93 bits per heavy atom. The fourth-order valence-corrected chi connectivity index (χ4v) is 2.84. The van der Waals surface area contributed by atoms with Crippen LogP contribution in [0.25, 0.3) is 11.1 Å². The number of ether oxygens (including phenoxy) is 2. The van der Waals surface area contributed by atoms with Gasteiger partial charge in [0.25, 0.3) is 5.91 Å². The minimum absolute atomic E-state index is 0.156. The number of hydrazine groups is 1. The van der Waals surface area contributed by atoms with Gasteiger partial charge in [-0.15, -0.1) is 0 Å². The van der Waals surface area contributed by atoms with Gasteiger partial charge < -0.3 is 9.47 Å². The van der Waals surface area contributed by atoms with Gasteiger partial charge in [0.05, 0.1) is 13.0 Å². The molecule has 0 spiro atoms. The Morgan fingerprint density at radius 2 is 1.27 bits per heavy atom. The third kappa shape index (κ3) is 6.10. The third-order valence-corrected chi connectivity index (χ3v) is 4.27. The molecule has 6 nitrogen and oxygen atoms in total. The van der Waals surface area contributed by atoms with Crippen LogP contribution in [-0.4, -0.2) is 25.0 Å². The van der Waals surface area contributed by atoms with E-state index < -0.39 is 5.91 Å². The molecule has 154 valence electrons. The van der Waals surface area contributed by atoms with E-state index in [0.29, 0.717) is 18.1 Å². The largest absolute Gasteiger partial charge is 0.490 e. The summed E-state index contributed by atoms with van der Waals surface area (Å²) >= 11 is 0. The Bertz CT molecular complexity index is 972. The molecule has 0 fully saturated rings. The van der Waals surface area contributed by atoms with Crippen LogP contribution < -0.4 is 20.3 Å². The molecular weight excluding hydrogens is 380 g/mol. The van der Waals surface area contributed by atoms with Crippen LogP contribution in [0.2, 0.25) is 0 Å². The smallest absolute Gasteiger partial charge is 0.276 e. The SMILES string of the molecule is CCOc1ccccc1OCC(=O)NNC(=O)Cc1ccc(-c2ccccc2)cc1. The Balaban J connectivity index is 1.44. The van der Waals surface area contributed by atoms with Gasteiger partial charge in [-0.05, 0) is 35.7 Å². The van der Waals surface area contributed by atoms with Gasteiger partial charge in [0.2, 0.25) is 5.91 Å². The number of hydrogen-bond donors (Lipinski definition) is 2. The number of para-hydroxylation sites is 2. The minimum Gasteiger partial charge on any atom is -0.490 e. The predicted octanol–water partition coefficient (Wildman–Crippen LogP) is 3.52. The molecule has 0 atom stereocenters. The molecule has 0 aliphatic rings. The maximum Gasteiger partial charge on any atom is 0.276 e. The summed E-state index contributed by atoms with van der Waals surface area (Å²) in [4.78, 5) is 24.1. The van der Waals surface area contributed by atoms with Crippen LogP contribution in [0.3, 0.4) is 0 Å². The van der Waals surface area contributed by atoms with Crippen LogP contribution in [0.4, 0.5) is 0 Å². The van der Waals surface area contributed by atoms with Crippen LogP contribution in [0, 0.1) is 0 Å². The van der Waals surface area contributed by atoms with Gasteiger partial charge in [0.1, 0.15) is 0 Å². The van der Waals surface area contributed by atoms with E-state index in [9.17, 15) is 9.59 Å². The van der Waals surface area contributed by atoms with Crippen molar-refractivity contribution in [2.45, 2.75) is 13.3 Å². The summed E-state index contributed by atoms with van der Waals surface area (Å²) in [6.45, 7) is 2.12. The van der Waals surface area contributed by atoms with Crippen LogP contribution in [0.15, 0.2) is 78.9 Å². The second-order valence-corrected chi connectivity index (χ2v) is 6.50. The monoisotopic (exact) mass is 404 g/mol. The van der Waals surface area contributed by atoms with E-state index in [1.165, 1.54) is 0 Å². The van der Waals surface area contributed by atoms with Crippen molar-refractivity contribution in [1.29, 1.82) is 0 Å². The lowest BCUT2D eigenvalue weighted by molar-refractivity contribution is -0.129. The molecule has 30 heavy (non-hydrogen) atoms. The van der Waals surface area contributed by atoms with E-state index in [2.05, 4.69) is 10.9 Å². The summed E-state index contributed by atoms with van der Waals surface area (Å²) < 4.78 is 10.9. The summed E-state index contributed by atoms with van der Waals surface area (Å²) in [5.74, 6) is 0.259. The maximum atomic E-state index is 12.1. The first-order valence-electron chi connectivity index (χ1n) is 9.72. The zero-order chi connectivity index (χ0) is 21.2. The van der Waals surface area contributed by atoms with Gasteiger partial charge in [-0.25, -0.2) is 0 Å². The van der Waals surface area contributed by atoms with Gasteiger partial charge in [-0.1, -0.05) is 66.7 Å². The average Bonchev–Trinajstić information content (AvgIpc) is 2.78. The van der Waals surface area contributed by atoms with Crippen LogP contribution in [0.1, 0.15) is 12.5 Å². The van der Waals surface area contributed by atoms with E-state index in [1.807, 2.05) is 67.6 Å². The molecule has 2 N–H and O–H groups in total. The first kappa shape index (κ1) is 20.9. The average molecular weight is 404 g/mol. The molecule has 0 aliphatic carbocycles. The zero-order valence-electron chi connectivity index (χ0n) is 16.8. The summed E-state index contributed by atoms with van der Waals surface area (Å²) in [7, 11) is 0. The maximum absolute atomic E-state index is 12.1. The molecule has 3 rings (SSSR count). The molecule has 6 heteroatoms. The van der Waals surface area contributed by atoms with Crippen LogP contribution in [-0.2, 0) is 16.0 Å². The fourth-order valence-electron chi connectivity index (χ4n) is 2.84. The molecule has 0 unspecified atom stereocenters.